The van der Waals surface area contributed by atoms with Gasteiger partial charge in [0.1, 0.15) is 6.73 Å². The summed E-state index contributed by atoms with van der Waals surface area (Å²) in [4.78, 5) is 31.0. The number of fused-ring (bicyclic) bond motifs is 1. The number of carbonyl (C=O) groups excluding carboxylic acids is 1. The van der Waals surface area contributed by atoms with Crippen molar-refractivity contribution in [3.63, 3.8) is 0 Å². The summed E-state index contributed by atoms with van der Waals surface area (Å²) in [6.45, 7) is 1.39. The van der Waals surface area contributed by atoms with E-state index in [2.05, 4.69) is 4.52 Å². The lowest BCUT2D eigenvalue weighted by atomic mass is 10.0. The molecular formula is C12H16NO7P. The zero-order valence-electron chi connectivity index (χ0n) is 11.6. The van der Waals surface area contributed by atoms with Crippen LogP contribution in [-0.4, -0.2) is 47.1 Å². The molecule has 2 N–H and O–H groups in total. The van der Waals surface area contributed by atoms with Gasteiger partial charge in [0.2, 0.25) is 6.79 Å². The van der Waals surface area contributed by atoms with Crippen LogP contribution in [0.15, 0.2) is 18.2 Å². The van der Waals surface area contributed by atoms with Gasteiger partial charge >= 0.3 is 7.82 Å². The number of phosphoric ester groups is 1. The van der Waals surface area contributed by atoms with Crippen LogP contribution in [0.5, 0.6) is 11.5 Å². The zero-order chi connectivity index (χ0) is 15.6. The number of hydrogen-bond acceptors (Lipinski definition) is 6. The molecule has 1 aliphatic heterocycles. The number of benzene rings is 1. The van der Waals surface area contributed by atoms with E-state index in [1.54, 1.807) is 25.1 Å². The van der Waals surface area contributed by atoms with E-state index in [1.165, 1.54) is 11.9 Å². The summed E-state index contributed by atoms with van der Waals surface area (Å²) >= 11 is 0. The first-order valence-corrected chi connectivity index (χ1v) is 7.65. The van der Waals surface area contributed by atoms with Crippen molar-refractivity contribution in [2.24, 2.45) is 0 Å². The summed E-state index contributed by atoms with van der Waals surface area (Å²) in [6.07, 6.45) is 0. The molecule has 0 saturated carbocycles. The Hall–Kier alpha value is -1.44. The lowest BCUT2D eigenvalue weighted by Gasteiger charge is -2.23. The van der Waals surface area contributed by atoms with E-state index in [1.807, 2.05) is 0 Å². The van der Waals surface area contributed by atoms with Gasteiger partial charge in [0.05, 0.1) is 6.04 Å². The van der Waals surface area contributed by atoms with Crippen molar-refractivity contribution >= 4 is 13.6 Å². The molecule has 0 amide bonds. The summed E-state index contributed by atoms with van der Waals surface area (Å²) < 4.78 is 25.4. The maximum absolute atomic E-state index is 12.3. The molecule has 8 nitrogen and oxygen atoms in total. The molecule has 0 fully saturated rings. The van der Waals surface area contributed by atoms with Crippen molar-refractivity contribution in [2.75, 3.05) is 20.6 Å². The molecule has 116 valence electrons. The second-order valence-corrected chi connectivity index (χ2v) is 5.85. The Balaban J connectivity index is 2.03. The SMILES string of the molecule is CC(C(=O)c1ccc2c(c1)OCO2)N(C)COP(=O)(O)O. The van der Waals surface area contributed by atoms with Gasteiger partial charge in [-0.1, -0.05) is 0 Å². The third-order valence-corrected chi connectivity index (χ3v) is 3.58. The predicted octanol–water partition coefficient (Wildman–Crippen LogP) is 0.985. The van der Waals surface area contributed by atoms with Gasteiger partial charge in [0.25, 0.3) is 0 Å². The smallest absolute Gasteiger partial charge is 0.454 e. The van der Waals surface area contributed by atoms with Gasteiger partial charge < -0.3 is 19.3 Å². The minimum Gasteiger partial charge on any atom is -0.454 e. The molecule has 1 aromatic carbocycles. The first-order chi connectivity index (χ1) is 9.78. The van der Waals surface area contributed by atoms with Crippen LogP contribution in [0.4, 0.5) is 0 Å². The third kappa shape index (κ3) is 4.03. The molecule has 1 unspecified atom stereocenters. The van der Waals surface area contributed by atoms with Crippen molar-refractivity contribution < 1.29 is 33.1 Å². The van der Waals surface area contributed by atoms with Crippen molar-refractivity contribution in [1.82, 2.24) is 4.90 Å². The van der Waals surface area contributed by atoms with Crippen LogP contribution in [-0.2, 0) is 9.09 Å². The van der Waals surface area contributed by atoms with E-state index < -0.39 is 13.9 Å². The van der Waals surface area contributed by atoms with E-state index >= 15 is 0 Å². The van der Waals surface area contributed by atoms with Crippen LogP contribution in [0.1, 0.15) is 17.3 Å². The summed E-state index contributed by atoms with van der Waals surface area (Å²) in [5, 5.41) is 0. The van der Waals surface area contributed by atoms with Crippen molar-refractivity contribution in [3.8, 4) is 11.5 Å². The summed E-state index contributed by atoms with van der Waals surface area (Å²) in [5.41, 5.74) is 0.426. The van der Waals surface area contributed by atoms with Crippen LogP contribution in [0.25, 0.3) is 0 Å². The van der Waals surface area contributed by atoms with E-state index in [-0.39, 0.29) is 19.3 Å². The topological polar surface area (TPSA) is 106 Å². The second kappa shape index (κ2) is 6.13. The van der Waals surface area contributed by atoms with Crippen molar-refractivity contribution in [2.45, 2.75) is 13.0 Å². The van der Waals surface area contributed by atoms with Crippen LogP contribution >= 0.6 is 7.82 Å². The Labute approximate surface area is 121 Å². The molecule has 1 heterocycles. The molecule has 0 aliphatic carbocycles. The number of carbonyl (C=O) groups is 1. The number of ether oxygens (including phenoxy) is 2. The highest BCUT2D eigenvalue weighted by molar-refractivity contribution is 7.46. The number of nitrogens with zero attached hydrogens (tertiary/aromatic N) is 1. The van der Waals surface area contributed by atoms with Gasteiger partial charge in [-0.2, -0.15) is 0 Å². The molecule has 0 saturated heterocycles. The van der Waals surface area contributed by atoms with E-state index in [4.69, 9.17) is 19.3 Å². The van der Waals surface area contributed by atoms with Crippen LogP contribution in [0.3, 0.4) is 0 Å². The van der Waals surface area contributed by atoms with Crippen molar-refractivity contribution in [1.29, 1.82) is 0 Å². The molecule has 9 heteroatoms. The average molecular weight is 317 g/mol. The first kappa shape index (κ1) is 15.9. The molecule has 0 spiro atoms. The zero-order valence-corrected chi connectivity index (χ0v) is 12.4. The minimum absolute atomic E-state index is 0.124. The maximum atomic E-state index is 12.3. The Kier molecular flexibility index (Phi) is 4.65. The maximum Gasteiger partial charge on any atom is 0.470 e. The van der Waals surface area contributed by atoms with Crippen molar-refractivity contribution in [3.05, 3.63) is 23.8 Å². The molecule has 2 rings (SSSR count). The van der Waals surface area contributed by atoms with Crippen LogP contribution in [0, 0.1) is 0 Å². The van der Waals surface area contributed by atoms with Crippen LogP contribution in [0.2, 0.25) is 0 Å². The van der Waals surface area contributed by atoms with E-state index in [0.717, 1.165) is 0 Å². The lowest BCUT2D eigenvalue weighted by molar-refractivity contribution is 0.0645. The highest BCUT2D eigenvalue weighted by Crippen LogP contribution is 2.36. The monoisotopic (exact) mass is 317 g/mol. The fourth-order valence-electron chi connectivity index (χ4n) is 1.77. The van der Waals surface area contributed by atoms with Gasteiger partial charge in [-0.15, -0.1) is 0 Å². The molecular weight excluding hydrogens is 301 g/mol. The third-order valence-electron chi connectivity index (χ3n) is 3.13. The molecule has 1 aliphatic rings. The fraction of sp³-hybridized carbons (Fsp3) is 0.417. The first-order valence-electron chi connectivity index (χ1n) is 6.12. The fourth-order valence-corrected chi connectivity index (χ4v) is 2.10. The number of likely N-dealkylation sites (N-methyl/N-ethyl adjacent to an activating group) is 1. The normalized spacial score (nSPS) is 15.3. The highest BCUT2D eigenvalue weighted by Gasteiger charge is 2.24. The Morgan fingerprint density at radius 3 is 2.76 bits per heavy atom. The molecule has 0 aromatic heterocycles. The van der Waals surface area contributed by atoms with E-state index in [0.29, 0.717) is 17.1 Å². The van der Waals surface area contributed by atoms with Gasteiger partial charge in [-0.25, -0.2) is 4.57 Å². The predicted molar refractivity (Wildman–Crippen MR) is 72.1 cm³/mol. The Morgan fingerprint density at radius 1 is 1.43 bits per heavy atom. The number of rotatable bonds is 6. The molecule has 1 aromatic rings. The average Bonchev–Trinajstić information content (AvgIpc) is 2.89. The van der Waals surface area contributed by atoms with Gasteiger partial charge in [-0.05, 0) is 32.2 Å². The second-order valence-electron chi connectivity index (χ2n) is 4.61. The highest BCUT2D eigenvalue weighted by atomic mass is 31.2. The minimum atomic E-state index is -4.56. The standard InChI is InChI=1S/C12H16NO7P/c1-8(13(2)6-20-21(15,16)17)12(14)9-3-4-10-11(5-9)19-7-18-10/h3-5,8H,6-7H2,1-2H3,(H2,15,16,17). The summed E-state index contributed by atoms with van der Waals surface area (Å²) in [7, 11) is -3.03. The summed E-state index contributed by atoms with van der Waals surface area (Å²) in [5.74, 6) is 0.865. The number of hydrogen-bond donors (Lipinski definition) is 2. The summed E-state index contributed by atoms with van der Waals surface area (Å²) in [6, 6.07) is 4.23. The molecule has 1 atom stereocenters. The number of phosphoric acid groups is 1. The molecule has 0 radical (unpaired) electrons. The number of Topliss-reactive ketones (excluding diaryl/α,β-unsaturated/α-hetero) is 1. The van der Waals surface area contributed by atoms with E-state index in [9.17, 15) is 9.36 Å². The number of ketones is 1. The Morgan fingerprint density at radius 2 is 2.10 bits per heavy atom. The van der Waals surface area contributed by atoms with Gasteiger partial charge in [0.15, 0.2) is 17.3 Å². The van der Waals surface area contributed by atoms with Gasteiger partial charge in [0, 0.05) is 5.56 Å². The quantitative estimate of drug-likeness (QED) is 0.454. The molecule has 21 heavy (non-hydrogen) atoms. The van der Waals surface area contributed by atoms with Crippen LogP contribution < -0.4 is 9.47 Å². The van der Waals surface area contributed by atoms with Gasteiger partial charge in [-0.3, -0.25) is 14.2 Å². The molecule has 0 bridgehead atoms. The largest absolute Gasteiger partial charge is 0.470 e. The lowest BCUT2D eigenvalue weighted by Crippen LogP contribution is -2.37. The Bertz CT molecular complexity index is 585.